The number of amides is 2. The van der Waals surface area contributed by atoms with Gasteiger partial charge in [-0.3, -0.25) is 9.59 Å². The summed E-state index contributed by atoms with van der Waals surface area (Å²) in [7, 11) is 3.99. The Morgan fingerprint density at radius 1 is 1.02 bits per heavy atom. The molecule has 2 saturated carbocycles. The summed E-state index contributed by atoms with van der Waals surface area (Å²) < 4.78 is 15.3. The van der Waals surface area contributed by atoms with Crippen LogP contribution in [-0.4, -0.2) is 71.5 Å². The SMILES string of the molecule is CN1C(=O)C2(CC2)CN(C2CCCC2)c2nc(Nc3ccc(C(=O)NC4C[C@H]5CCC[C@@H](C4)N5C)cc3F)ncc21. The Morgan fingerprint density at radius 2 is 1.73 bits per heavy atom. The normalized spacial score (nSPS) is 27.5. The van der Waals surface area contributed by atoms with Gasteiger partial charge in [-0.25, -0.2) is 9.37 Å². The molecule has 4 heterocycles. The van der Waals surface area contributed by atoms with Crippen molar-refractivity contribution in [2.75, 3.05) is 35.8 Å². The molecule has 7 rings (SSSR count). The fourth-order valence-corrected chi connectivity index (χ4v) is 7.73. The molecule has 2 aliphatic carbocycles. The second-order valence-electron chi connectivity index (χ2n) is 13.0. The van der Waals surface area contributed by atoms with Crippen LogP contribution in [0.5, 0.6) is 0 Å². The van der Waals surface area contributed by atoms with Crippen LogP contribution in [0.3, 0.4) is 0 Å². The van der Waals surface area contributed by atoms with Gasteiger partial charge in [0.05, 0.1) is 17.3 Å². The molecule has 1 aromatic heterocycles. The van der Waals surface area contributed by atoms with E-state index < -0.39 is 5.82 Å². The van der Waals surface area contributed by atoms with Crippen LogP contribution in [-0.2, 0) is 4.79 Å². The van der Waals surface area contributed by atoms with Gasteiger partial charge in [-0.2, -0.15) is 4.98 Å². The molecule has 2 N–H and O–H groups in total. The van der Waals surface area contributed by atoms with Gasteiger partial charge in [-0.1, -0.05) is 19.3 Å². The summed E-state index contributed by atoms with van der Waals surface area (Å²) in [6, 6.07) is 5.98. The quantitative estimate of drug-likeness (QED) is 0.551. The second-order valence-corrected chi connectivity index (χ2v) is 13.0. The fraction of sp³-hybridized carbons (Fsp3) is 0.613. The molecule has 3 atom stereocenters. The molecule has 10 heteroatoms. The maximum Gasteiger partial charge on any atom is 0.251 e. The zero-order valence-electron chi connectivity index (χ0n) is 24.0. The number of carbonyl (C=O) groups is 2. The van der Waals surface area contributed by atoms with Gasteiger partial charge in [0.25, 0.3) is 5.91 Å². The summed E-state index contributed by atoms with van der Waals surface area (Å²) in [5.74, 6) is 0.361. The molecule has 41 heavy (non-hydrogen) atoms. The predicted molar refractivity (Wildman–Crippen MR) is 156 cm³/mol. The highest BCUT2D eigenvalue weighted by Crippen LogP contribution is 2.52. The molecule has 2 bridgehead atoms. The first kappa shape index (κ1) is 26.6. The van der Waals surface area contributed by atoms with E-state index in [0.717, 1.165) is 44.3 Å². The summed E-state index contributed by atoms with van der Waals surface area (Å²) in [6.07, 6.45) is 13.5. The number of rotatable bonds is 5. The number of halogens is 1. The van der Waals surface area contributed by atoms with Crippen molar-refractivity contribution in [1.82, 2.24) is 20.2 Å². The molecular formula is C31H40FN7O2. The zero-order valence-corrected chi connectivity index (χ0v) is 24.0. The van der Waals surface area contributed by atoms with Crippen molar-refractivity contribution >= 4 is 35.0 Å². The van der Waals surface area contributed by atoms with E-state index in [-0.39, 0.29) is 34.9 Å². The van der Waals surface area contributed by atoms with Gasteiger partial charge in [0, 0.05) is 43.3 Å². The lowest BCUT2D eigenvalue weighted by atomic mass is 9.82. The first-order chi connectivity index (χ1) is 19.8. The van der Waals surface area contributed by atoms with Crippen molar-refractivity contribution in [3.8, 4) is 0 Å². The molecule has 0 radical (unpaired) electrons. The summed E-state index contributed by atoms with van der Waals surface area (Å²) in [4.78, 5) is 42.1. The average molecular weight is 562 g/mol. The van der Waals surface area contributed by atoms with Crippen LogP contribution in [0, 0.1) is 11.2 Å². The van der Waals surface area contributed by atoms with Crippen LogP contribution in [0.25, 0.3) is 0 Å². The van der Waals surface area contributed by atoms with Gasteiger partial charge in [0.15, 0.2) is 5.82 Å². The van der Waals surface area contributed by atoms with E-state index >= 15 is 4.39 Å². The predicted octanol–water partition coefficient (Wildman–Crippen LogP) is 4.61. The average Bonchev–Trinajstić information content (AvgIpc) is 3.56. The Hall–Kier alpha value is -3.27. The Bertz CT molecular complexity index is 1340. The van der Waals surface area contributed by atoms with Gasteiger partial charge in [0.1, 0.15) is 11.5 Å². The molecule has 1 spiro atoms. The van der Waals surface area contributed by atoms with Crippen molar-refractivity contribution in [3.05, 3.63) is 35.8 Å². The Kier molecular flexibility index (Phi) is 6.64. The Balaban J connectivity index is 1.09. The number of carbonyl (C=O) groups excluding carboxylic acids is 2. The minimum atomic E-state index is -0.534. The maximum absolute atomic E-state index is 15.3. The van der Waals surface area contributed by atoms with Crippen molar-refractivity contribution in [1.29, 1.82) is 0 Å². The summed E-state index contributed by atoms with van der Waals surface area (Å²) in [5, 5.41) is 6.19. The molecule has 9 nitrogen and oxygen atoms in total. The number of piperidine rings is 2. The molecule has 2 saturated heterocycles. The Morgan fingerprint density at radius 3 is 2.41 bits per heavy atom. The van der Waals surface area contributed by atoms with E-state index in [1.54, 1.807) is 30.3 Å². The third kappa shape index (κ3) is 4.83. The highest BCUT2D eigenvalue weighted by atomic mass is 19.1. The third-order valence-electron chi connectivity index (χ3n) is 10.4. The molecule has 3 aliphatic heterocycles. The number of benzene rings is 1. The summed E-state index contributed by atoms with van der Waals surface area (Å²) >= 11 is 0. The minimum Gasteiger partial charge on any atom is -0.351 e. The lowest BCUT2D eigenvalue weighted by molar-refractivity contribution is -0.122. The molecule has 4 fully saturated rings. The van der Waals surface area contributed by atoms with E-state index in [9.17, 15) is 9.59 Å². The summed E-state index contributed by atoms with van der Waals surface area (Å²) in [6.45, 7) is 0.668. The number of hydrogen-bond acceptors (Lipinski definition) is 7. The van der Waals surface area contributed by atoms with Gasteiger partial charge in [-0.05, 0) is 76.6 Å². The monoisotopic (exact) mass is 561 g/mol. The molecule has 5 aliphatic rings. The van der Waals surface area contributed by atoms with Gasteiger partial charge in [0.2, 0.25) is 11.9 Å². The fourth-order valence-electron chi connectivity index (χ4n) is 7.73. The second kappa shape index (κ2) is 10.2. The smallest absolute Gasteiger partial charge is 0.251 e. The number of aromatic nitrogens is 2. The number of hydrogen-bond donors (Lipinski definition) is 2. The van der Waals surface area contributed by atoms with E-state index in [1.807, 2.05) is 0 Å². The number of anilines is 4. The van der Waals surface area contributed by atoms with Crippen LogP contribution >= 0.6 is 0 Å². The van der Waals surface area contributed by atoms with Crippen LogP contribution in [0.4, 0.5) is 27.5 Å². The highest BCUT2D eigenvalue weighted by molar-refractivity contribution is 6.02. The van der Waals surface area contributed by atoms with Crippen LogP contribution < -0.4 is 20.4 Å². The van der Waals surface area contributed by atoms with Gasteiger partial charge >= 0.3 is 0 Å². The maximum atomic E-state index is 15.3. The third-order valence-corrected chi connectivity index (χ3v) is 10.4. The van der Waals surface area contributed by atoms with E-state index in [1.165, 1.54) is 38.2 Å². The standard InChI is InChI=1S/C31H40FN7O2/c1-37-22-8-5-9-23(37)16-20(15-22)34-28(40)19-10-11-25(24(32)14-19)35-30-33-17-26-27(36-30)39(21-6-3-4-7-21)18-31(12-13-31)29(41)38(26)2/h10-11,14,17,20-23H,3-9,12-13,15-16,18H2,1-2H3,(H,34,40)(H,33,35,36)/t20?,22-,23+. The first-order valence-corrected chi connectivity index (χ1v) is 15.3. The number of nitrogens with zero attached hydrogens (tertiary/aromatic N) is 5. The first-order valence-electron chi connectivity index (χ1n) is 15.3. The van der Waals surface area contributed by atoms with Crippen LogP contribution in [0.1, 0.15) is 81.0 Å². The van der Waals surface area contributed by atoms with Crippen LogP contribution in [0.15, 0.2) is 24.4 Å². The zero-order chi connectivity index (χ0) is 28.3. The van der Waals surface area contributed by atoms with E-state index in [2.05, 4.69) is 32.5 Å². The lowest BCUT2D eigenvalue weighted by Gasteiger charge is -2.47. The van der Waals surface area contributed by atoms with Crippen molar-refractivity contribution in [3.63, 3.8) is 0 Å². The largest absolute Gasteiger partial charge is 0.351 e. The molecule has 218 valence electrons. The van der Waals surface area contributed by atoms with Crippen molar-refractivity contribution < 1.29 is 14.0 Å². The lowest BCUT2D eigenvalue weighted by Crippen LogP contribution is -2.55. The van der Waals surface area contributed by atoms with Crippen LogP contribution in [0.2, 0.25) is 0 Å². The number of nitrogens with one attached hydrogen (secondary N) is 2. The Labute approximate surface area is 240 Å². The van der Waals surface area contributed by atoms with E-state index in [4.69, 9.17) is 4.98 Å². The minimum absolute atomic E-state index is 0.116. The van der Waals surface area contributed by atoms with Crippen molar-refractivity contribution in [2.45, 2.75) is 94.8 Å². The topological polar surface area (TPSA) is 93.7 Å². The van der Waals surface area contributed by atoms with Gasteiger partial charge in [-0.15, -0.1) is 0 Å². The molecule has 1 unspecified atom stereocenters. The van der Waals surface area contributed by atoms with E-state index in [0.29, 0.717) is 35.9 Å². The molecule has 2 aromatic rings. The molecule has 2 amide bonds. The highest BCUT2D eigenvalue weighted by Gasteiger charge is 2.55. The van der Waals surface area contributed by atoms with Crippen molar-refractivity contribution in [2.24, 2.45) is 5.41 Å². The van der Waals surface area contributed by atoms with Gasteiger partial charge < -0.3 is 25.3 Å². The summed E-state index contributed by atoms with van der Waals surface area (Å²) in [5.41, 5.74) is 0.879. The number of fused-ring (bicyclic) bond motifs is 3. The molecule has 1 aromatic carbocycles. The molecular weight excluding hydrogens is 521 g/mol.